The number of hydrogen-bond donors (Lipinski definition) is 0. The summed E-state index contributed by atoms with van der Waals surface area (Å²) in [5.41, 5.74) is 6.30. The van der Waals surface area contributed by atoms with Crippen molar-refractivity contribution in [2.75, 3.05) is 0 Å². The van der Waals surface area contributed by atoms with Crippen molar-refractivity contribution in [1.82, 2.24) is 19.2 Å². The Bertz CT molecular complexity index is 1460. The van der Waals surface area contributed by atoms with Crippen molar-refractivity contribution >= 4 is 27.5 Å². The van der Waals surface area contributed by atoms with Gasteiger partial charge in [-0.3, -0.25) is 4.57 Å². The Morgan fingerprint density at radius 3 is 2.25 bits per heavy atom. The summed E-state index contributed by atoms with van der Waals surface area (Å²) in [6.45, 7) is 0. The molecule has 6 aromatic rings. The third-order valence-corrected chi connectivity index (χ3v) is 5.21. The normalized spacial score (nSPS) is 11.6. The quantitative estimate of drug-likeness (QED) is 0.409. The molecule has 0 saturated heterocycles. The van der Waals surface area contributed by atoms with Gasteiger partial charge >= 0.3 is 0 Å². The van der Waals surface area contributed by atoms with Crippen LogP contribution in [-0.4, -0.2) is 19.2 Å². The molecule has 0 amide bonds. The van der Waals surface area contributed by atoms with Gasteiger partial charge in [-0.15, -0.1) is 0 Å². The van der Waals surface area contributed by atoms with Crippen molar-refractivity contribution in [2.45, 2.75) is 0 Å². The second kappa shape index (κ2) is 5.79. The predicted molar refractivity (Wildman–Crippen MR) is 113 cm³/mol. The Hall–Kier alpha value is -3.92. The summed E-state index contributed by atoms with van der Waals surface area (Å²) in [5, 5.41) is 5.88. The van der Waals surface area contributed by atoms with Gasteiger partial charge in [-0.2, -0.15) is 5.10 Å². The monoisotopic (exact) mass is 360 g/mol. The molecule has 0 radical (unpaired) electrons. The van der Waals surface area contributed by atoms with Crippen LogP contribution >= 0.6 is 0 Å². The molecule has 0 N–H and O–H groups in total. The standard InChI is InChI=1S/C24H16N4/c1-2-9-18(10-3-1)24-26-19-11-5-7-13-21(19)27(24)23-16-25-28-20-12-6-4-8-17(20)14-15-22(23)28/h1-16H. The molecule has 6 rings (SSSR count). The van der Waals surface area contributed by atoms with Gasteiger partial charge in [-0.1, -0.05) is 66.7 Å². The van der Waals surface area contributed by atoms with E-state index in [0.717, 1.165) is 39.1 Å². The fraction of sp³-hybridized carbons (Fsp3) is 0. The van der Waals surface area contributed by atoms with Crippen LogP contribution in [-0.2, 0) is 0 Å². The minimum atomic E-state index is 0.921. The Morgan fingerprint density at radius 2 is 1.36 bits per heavy atom. The Labute approximate surface area is 161 Å². The van der Waals surface area contributed by atoms with Crippen LogP contribution in [0.1, 0.15) is 0 Å². The van der Waals surface area contributed by atoms with Crippen molar-refractivity contribution < 1.29 is 0 Å². The average molecular weight is 360 g/mol. The number of nitrogens with zero attached hydrogens (tertiary/aromatic N) is 4. The number of imidazole rings is 1. The molecule has 3 heterocycles. The van der Waals surface area contributed by atoms with E-state index >= 15 is 0 Å². The van der Waals surface area contributed by atoms with Gasteiger partial charge < -0.3 is 0 Å². The molecule has 3 aromatic carbocycles. The largest absolute Gasteiger partial charge is 0.289 e. The molecule has 4 nitrogen and oxygen atoms in total. The second-order valence-corrected chi connectivity index (χ2v) is 6.84. The van der Waals surface area contributed by atoms with E-state index in [9.17, 15) is 0 Å². The maximum atomic E-state index is 4.93. The number of hydrogen-bond acceptors (Lipinski definition) is 2. The number of rotatable bonds is 2. The minimum absolute atomic E-state index is 0.921. The van der Waals surface area contributed by atoms with Crippen LogP contribution in [0.4, 0.5) is 0 Å². The zero-order valence-corrected chi connectivity index (χ0v) is 15.0. The Balaban J connectivity index is 1.72. The maximum absolute atomic E-state index is 4.93. The first-order valence-corrected chi connectivity index (χ1v) is 9.29. The van der Waals surface area contributed by atoms with Crippen LogP contribution in [0, 0.1) is 0 Å². The van der Waals surface area contributed by atoms with Crippen molar-refractivity contribution in [3.05, 3.63) is 97.2 Å². The molecule has 0 saturated carbocycles. The van der Waals surface area contributed by atoms with E-state index in [1.165, 1.54) is 5.39 Å². The van der Waals surface area contributed by atoms with E-state index in [1.54, 1.807) is 0 Å². The molecule has 132 valence electrons. The molecular formula is C24H16N4. The number of aromatic nitrogens is 4. The van der Waals surface area contributed by atoms with E-state index in [4.69, 9.17) is 10.1 Å². The van der Waals surface area contributed by atoms with E-state index in [1.807, 2.05) is 41.0 Å². The molecule has 0 bridgehead atoms. The predicted octanol–water partition coefficient (Wildman–Crippen LogP) is 5.49. The van der Waals surface area contributed by atoms with E-state index in [2.05, 4.69) is 65.2 Å². The van der Waals surface area contributed by atoms with Crippen LogP contribution < -0.4 is 0 Å². The van der Waals surface area contributed by atoms with Gasteiger partial charge in [0.2, 0.25) is 0 Å². The summed E-state index contributed by atoms with van der Waals surface area (Å²) in [6, 6.07) is 31.1. The third kappa shape index (κ3) is 2.12. The molecule has 0 aliphatic carbocycles. The summed E-state index contributed by atoms with van der Waals surface area (Å²) in [4.78, 5) is 4.93. The molecule has 3 aromatic heterocycles. The van der Waals surface area contributed by atoms with Gasteiger partial charge in [0.05, 0.1) is 34.0 Å². The lowest BCUT2D eigenvalue weighted by Crippen LogP contribution is -1.97. The van der Waals surface area contributed by atoms with Gasteiger partial charge in [0.15, 0.2) is 0 Å². The minimum Gasteiger partial charge on any atom is -0.289 e. The fourth-order valence-corrected chi connectivity index (χ4v) is 3.91. The van der Waals surface area contributed by atoms with Crippen molar-refractivity contribution in [2.24, 2.45) is 0 Å². The van der Waals surface area contributed by atoms with Crippen LogP contribution in [0.3, 0.4) is 0 Å². The first kappa shape index (κ1) is 15.2. The SMILES string of the molecule is c1ccc(-c2nc3ccccc3n2-c2cnn3c2ccc2ccccc23)cc1. The van der Waals surface area contributed by atoms with Crippen LogP contribution in [0.5, 0.6) is 0 Å². The van der Waals surface area contributed by atoms with Gasteiger partial charge in [0.25, 0.3) is 0 Å². The van der Waals surface area contributed by atoms with E-state index < -0.39 is 0 Å². The molecule has 0 unspecified atom stereocenters. The number of para-hydroxylation sites is 3. The molecule has 28 heavy (non-hydrogen) atoms. The maximum Gasteiger partial charge on any atom is 0.145 e. The van der Waals surface area contributed by atoms with Crippen LogP contribution in [0.25, 0.3) is 44.5 Å². The highest BCUT2D eigenvalue weighted by Crippen LogP contribution is 2.31. The topological polar surface area (TPSA) is 35.1 Å². The van der Waals surface area contributed by atoms with Crippen molar-refractivity contribution in [3.8, 4) is 17.1 Å². The van der Waals surface area contributed by atoms with Crippen LogP contribution in [0.15, 0.2) is 97.2 Å². The van der Waals surface area contributed by atoms with Gasteiger partial charge in [-0.25, -0.2) is 9.50 Å². The molecule has 0 fully saturated rings. The summed E-state index contributed by atoms with van der Waals surface area (Å²) in [5.74, 6) is 0.921. The average Bonchev–Trinajstić information content (AvgIpc) is 3.35. The molecule has 0 spiro atoms. The summed E-state index contributed by atoms with van der Waals surface area (Å²) in [6.07, 6.45) is 1.93. The third-order valence-electron chi connectivity index (χ3n) is 5.21. The lowest BCUT2D eigenvalue weighted by Gasteiger charge is -2.09. The summed E-state index contributed by atoms with van der Waals surface area (Å²) >= 11 is 0. The van der Waals surface area contributed by atoms with Crippen LogP contribution in [0.2, 0.25) is 0 Å². The summed E-state index contributed by atoms with van der Waals surface area (Å²) in [7, 11) is 0. The fourth-order valence-electron chi connectivity index (χ4n) is 3.91. The first-order chi connectivity index (χ1) is 13.9. The molecule has 0 aliphatic rings. The first-order valence-electron chi connectivity index (χ1n) is 9.29. The number of pyridine rings is 1. The number of benzene rings is 3. The highest BCUT2D eigenvalue weighted by Gasteiger charge is 2.17. The Morgan fingerprint density at radius 1 is 0.607 bits per heavy atom. The number of fused-ring (bicyclic) bond motifs is 4. The van der Waals surface area contributed by atoms with Gasteiger partial charge in [0.1, 0.15) is 5.82 Å². The van der Waals surface area contributed by atoms with Crippen molar-refractivity contribution in [1.29, 1.82) is 0 Å². The van der Waals surface area contributed by atoms with Crippen molar-refractivity contribution in [3.63, 3.8) is 0 Å². The zero-order chi connectivity index (χ0) is 18.5. The highest BCUT2D eigenvalue weighted by atomic mass is 15.2. The zero-order valence-electron chi connectivity index (χ0n) is 15.0. The smallest absolute Gasteiger partial charge is 0.145 e. The van der Waals surface area contributed by atoms with Gasteiger partial charge in [0, 0.05) is 10.9 Å². The second-order valence-electron chi connectivity index (χ2n) is 6.84. The lowest BCUT2D eigenvalue weighted by molar-refractivity contribution is 1.00. The highest BCUT2D eigenvalue weighted by molar-refractivity contribution is 5.88. The van der Waals surface area contributed by atoms with Gasteiger partial charge in [-0.05, 0) is 24.3 Å². The molecule has 4 heteroatoms. The lowest BCUT2D eigenvalue weighted by atomic mass is 10.2. The molecule has 0 atom stereocenters. The van der Waals surface area contributed by atoms with E-state index in [-0.39, 0.29) is 0 Å². The Kier molecular flexibility index (Phi) is 3.14. The molecule has 0 aliphatic heterocycles. The molecular weight excluding hydrogens is 344 g/mol. The van der Waals surface area contributed by atoms with E-state index in [0.29, 0.717) is 0 Å². The summed E-state index contributed by atoms with van der Waals surface area (Å²) < 4.78 is 4.22.